The molecule has 0 spiro atoms. The van der Waals surface area contributed by atoms with Crippen molar-refractivity contribution in [2.45, 2.75) is 0 Å². The van der Waals surface area contributed by atoms with Gasteiger partial charge < -0.3 is 5.73 Å². The highest BCUT2D eigenvalue weighted by atomic mass is 16.6. The summed E-state index contributed by atoms with van der Waals surface area (Å²) in [5.74, 6) is -0.448. The van der Waals surface area contributed by atoms with E-state index in [-0.39, 0.29) is 11.3 Å². The first-order valence-electron chi connectivity index (χ1n) is 5.08. The van der Waals surface area contributed by atoms with E-state index in [1.165, 1.54) is 42.7 Å². The molecule has 0 amide bonds. The smallest absolute Gasteiger partial charge is 0.280 e. The van der Waals surface area contributed by atoms with Crippen molar-refractivity contribution in [3.63, 3.8) is 0 Å². The zero-order valence-electron chi connectivity index (χ0n) is 9.24. The second-order valence-electron chi connectivity index (χ2n) is 3.60. The Morgan fingerprint density at radius 3 is 2.50 bits per heavy atom. The van der Waals surface area contributed by atoms with E-state index < -0.39 is 10.7 Å². The van der Waals surface area contributed by atoms with Crippen molar-refractivity contribution in [1.29, 1.82) is 0 Å². The average molecular weight is 243 g/mol. The fraction of sp³-hybridized carbons (Fsp3) is 0. The van der Waals surface area contributed by atoms with E-state index >= 15 is 0 Å². The van der Waals surface area contributed by atoms with Gasteiger partial charge in [0.2, 0.25) is 0 Å². The van der Waals surface area contributed by atoms with Crippen molar-refractivity contribution in [1.82, 2.24) is 4.98 Å². The topological polar surface area (TPSA) is 99.1 Å². The van der Waals surface area contributed by atoms with Crippen LogP contribution in [0.3, 0.4) is 0 Å². The molecule has 2 aromatic rings. The van der Waals surface area contributed by atoms with E-state index in [0.717, 1.165) is 0 Å². The Morgan fingerprint density at radius 1 is 1.22 bits per heavy atom. The van der Waals surface area contributed by atoms with Gasteiger partial charge in [0.15, 0.2) is 5.78 Å². The molecule has 2 rings (SSSR count). The molecule has 18 heavy (non-hydrogen) atoms. The van der Waals surface area contributed by atoms with E-state index in [1.54, 1.807) is 0 Å². The van der Waals surface area contributed by atoms with Crippen LogP contribution < -0.4 is 5.73 Å². The van der Waals surface area contributed by atoms with Crippen LogP contribution in [0, 0.1) is 10.1 Å². The molecule has 0 saturated carbocycles. The Kier molecular flexibility index (Phi) is 3.01. The van der Waals surface area contributed by atoms with Crippen LogP contribution in [0.1, 0.15) is 15.9 Å². The molecule has 2 N–H and O–H groups in total. The van der Waals surface area contributed by atoms with Crippen LogP contribution in [0.25, 0.3) is 0 Å². The molecule has 0 bridgehead atoms. The van der Waals surface area contributed by atoms with Crippen LogP contribution in [-0.4, -0.2) is 15.7 Å². The number of carbonyl (C=O) groups is 1. The maximum Gasteiger partial charge on any atom is 0.280 e. The van der Waals surface area contributed by atoms with Crippen molar-refractivity contribution in [3.8, 4) is 0 Å². The number of nitrogens with two attached hydrogens (primary N) is 1. The highest BCUT2D eigenvalue weighted by Crippen LogP contribution is 2.23. The molecule has 1 aromatic carbocycles. The molecule has 0 radical (unpaired) electrons. The number of rotatable bonds is 3. The number of nitrogens with zero attached hydrogens (tertiary/aromatic N) is 2. The van der Waals surface area contributed by atoms with Crippen molar-refractivity contribution in [3.05, 3.63) is 64.0 Å². The van der Waals surface area contributed by atoms with Crippen molar-refractivity contribution < 1.29 is 9.72 Å². The van der Waals surface area contributed by atoms with Crippen LogP contribution in [0.4, 0.5) is 11.4 Å². The molecule has 0 aliphatic carbocycles. The number of hydrogen-bond acceptors (Lipinski definition) is 5. The summed E-state index contributed by atoms with van der Waals surface area (Å²) >= 11 is 0. The minimum Gasteiger partial charge on any atom is -0.399 e. The summed E-state index contributed by atoms with van der Waals surface area (Å²) in [5.41, 5.74) is 5.91. The Bertz CT molecular complexity index is 611. The Labute approximate surface area is 102 Å². The summed E-state index contributed by atoms with van der Waals surface area (Å²) in [6.07, 6.45) is 2.90. The van der Waals surface area contributed by atoms with Gasteiger partial charge in [0.25, 0.3) is 5.69 Å². The van der Waals surface area contributed by atoms with Gasteiger partial charge in [0.1, 0.15) is 5.56 Å². The lowest BCUT2D eigenvalue weighted by Crippen LogP contribution is -2.06. The first-order valence-corrected chi connectivity index (χ1v) is 5.08. The molecule has 0 atom stereocenters. The number of nitro groups is 1. The summed E-state index contributed by atoms with van der Waals surface area (Å²) in [6, 6.07) is 6.91. The summed E-state index contributed by atoms with van der Waals surface area (Å²) < 4.78 is 0. The molecule has 1 aromatic heterocycles. The normalized spacial score (nSPS) is 10.0. The third-order valence-electron chi connectivity index (χ3n) is 2.40. The van der Waals surface area contributed by atoms with Gasteiger partial charge in [-0.15, -0.1) is 0 Å². The van der Waals surface area contributed by atoms with E-state index in [2.05, 4.69) is 4.98 Å². The van der Waals surface area contributed by atoms with Gasteiger partial charge >= 0.3 is 0 Å². The predicted molar refractivity (Wildman–Crippen MR) is 65.2 cm³/mol. The molecule has 6 nitrogen and oxygen atoms in total. The van der Waals surface area contributed by atoms with Crippen molar-refractivity contribution in [2.24, 2.45) is 0 Å². The fourth-order valence-electron chi connectivity index (χ4n) is 1.55. The minimum absolute atomic E-state index is 0.0220. The maximum atomic E-state index is 12.1. The molecule has 0 saturated heterocycles. The van der Waals surface area contributed by atoms with Gasteiger partial charge in [0, 0.05) is 29.7 Å². The second kappa shape index (κ2) is 4.62. The molecule has 1 heterocycles. The van der Waals surface area contributed by atoms with Crippen LogP contribution in [0.5, 0.6) is 0 Å². The van der Waals surface area contributed by atoms with Crippen molar-refractivity contribution in [2.75, 3.05) is 5.73 Å². The lowest BCUT2D eigenvalue weighted by molar-refractivity contribution is -0.385. The van der Waals surface area contributed by atoms with E-state index in [4.69, 9.17) is 5.73 Å². The van der Waals surface area contributed by atoms with Crippen LogP contribution in [0.15, 0.2) is 42.7 Å². The number of aromatic nitrogens is 1. The van der Waals surface area contributed by atoms with Crippen LogP contribution in [-0.2, 0) is 0 Å². The second-order valence-corrected chi connectivity index (χ2v) is 3.60. The van der Waals surface area contributed by atoms with Gasteiger partial charge in [0.05, 0.1) is 4.92 Å². The molecule has 0 aliphatic rings. The lowest BCUT2D eigenvalue weighted by atomic mass is 10.0. The average Bonchev–Trinajstić information content (AvgIpc) is 2.38. The SMILES string of the molecule is Nc1ccc([N+](=O)[O-])c(C(=O)c2ccncc2)c1. The zero-order valence-corrected chi connectivity index (χ0v) is 9.24. The van der Waals surface area contributed by atoms with Gasteiger partial charge in [-0.25, -0.2) is 0 Å². The Balaban J connectivity index is 2.54. The number of benzene rings is 1. The number of anilines is 1. The van der Waals surface area contributed by atoms with Gasteiger partial charge in [-0.05, 0) is 24.3 Å². The van der Waals surface area contributed by atoms with Crippen molar-refractivity contribution >= 4 is 17.2 Å². The van der Waals surface area contributed by atoms with E-state index in [9.17, 15) is 14.9 Å². The number of nitrogen functional groups attached to an aromatic ring is 1. The highest BCUT2D eigenvalue weighted by molar-refractivity contribution is 6.11. The quantitative estimate of drug-likeness (QED) is 0.383. The molecule has 0 aliphatic heterocycles. The third-order valence-corrected chi connectivity index (χ3v) is 2.40. The largest absolute Gasteiger partial charge is 0.399 e. The third kappa shape index (κ3) is 2.17. The monoisotopic (exact) mass is 243 g/mol. The molecule has 0 fully saturated rings. The number of nitro benzene ring substituents is 1. The first-order chi connectivity index (χ1) is 8.59. The molecular formula is C12H9N3O3. The number of pyridine rings is 1. The summed E-state index contributed by atoms with van der Waals surface area (Å²) in [6.45, 7) is 0. The zero-order chi connectivity index (χ0) is 13.1. The maximum absolute atomic E-state index is 12.1. The molecule has 0 unspecified atom stereocenters. The van der Waals surface area contributed by atoms with Crippen LogP contribution in [0.2, 0.25) is 0 Å². The summed E-state index contributed by atoms with van der Waals surface area (Å²) in [5, 5.41) is 10.9. The Morgan fingerprint density at radius 2 is 1.89 bits per heavy atom. The Hall–Kier alpha value is -2.76. The van der Waals surface area contributed by atoms with Gasteiger partial charge in [-0.3, -0.25) is 19.9 Å². The first kappa shape index (κ1) is 11.7. The van der Waals surface area contributed by atoms with E-state index in [1.807, 2.05) is 0 Å². The summed E-state index contributed by atoms with van der Waals surface area (Å²) in [7, 11) is 0. The number of carbonyl (C=O) groups excluding carboxylic acids is 1. The van der Waals surface area contributed by atoms with Crippen LogP contribution >= 0.6 is 0 Å². The fourth-order valence-corrected chi connectivity index (χ4v) is 1.55. The molecule has 6 heteroatoms. The standard InChI is InChI=1S/C12H9N3O3/c13-9-1-2-11(15(17)18)10(7-9)12(16)8-3-5-14-6-4-8/h1-7H,13H2. The summed E-state index contributed by atoms with van der Waals surface area (Å²) in [4.78, 5) is 26.2. The van der Waals surface area contributed by atoms with Gasteiger partial charge in [-0.1, -0.05) is 0 Å². The van der Waals surface area contributed by atoms with E-state index in [0.29, 0.717) is 11.3 Å². The number of hydrogen-bond donors (Lipinski definition) is 1. The minimum atomic E-state index is -0.603. The lowest BCUT2D eigenvalue weighted by Gasteiger charge is -2.03. The van der Waals surface area contributed by atoms with Gasteiger partial charge in [-0.2, -0.15) is 0 Å². The number of ketones is 1. The predicted octanol–water partition coefficient (Wildman–Crippen LogP) is 1.80. The molecule has 90 valence electrons. The molecular weight excluding hydrogens is 234 g/mol. The highest BCUT2D eigenvalue weighted by Gasteiger charge is 2.21.